The quantitative estimate of drug-likeness (QED) is 0.384. The fourth-order valence-electron chi connectivity index (χ4n) is 6.75. The van der Waals surface area contributed by atoms with Gasteiger partial charge in [-0.2, -0.15) is 0 Å². The number of nitrogens with zero attached hydrogens (tertiary/aromatic N) is 2. The van der Waals surface area contributed by atoms with E-state index in [1.165, 1.54) is 4.90 Å². The average molecular weight is 473 g/mol. The lowest BCUT2D eigenvalue weighted by atomic mass is 9.81. The molecule has 3 amide bonds. The molecule has 35 heavy (non-hydrogen) atoms. The molecule has 4 aliphatic rings. The summed E-state index contributed by atoms with van der Waals surface area (Å²) in [5.41, 5.74) is 3.44. The van der Waals surface area contributed by atoms with Crippen molar-refractivity contribution in [3.63, 3.8) is 0 Å². The van der Waals surface area contributed by atoms with E-state index in [0.717, 1.165) is 36.1 Å². The molecular formula is C28H28N2O5. The van der Waals surface area contributed by atoms with Crippen LogP contribution < -0.4 is 14.5 Å². The van der Waals surface area contributed by atoms with Gasteiger partial charge in [0.1, 0.15) is 5.75 Å². The zero-order valence-electron chi connectivity index (χ0n) is 19.9. The van der Waals surface area contributed by atoms with Gasteiger partial charge in [-0.3, -0.25) is 24.1 Å². The highest BCUT2D eigenvalue weighted by atomic mass is 16.5. The Balaban J connectivity index is 1.13. The van der Waals surface area contributed by atoms with E-state index in [-0.39, 0.29) is 42.5 Å². The van der Waals surface area contributed by atoms with Gasteiger partial charge in [0.2, 0.25) is 17.7 Å². The van der Waals surface area contributed by atoms with Crippen molar-refractivity contribution in [3.05, 3.63) is 53.6 Å². The molecule has 2 heterocycles. The summed E-state index contributed by atoms with van der Waals surface area (Å²) in [6.07, 6.45) is 3.18. The van der Waals surface area contributed by atoms with Gasteiger partial charge in [-0.25, -0.2) is 0 Å². The van der Waals surface area contributed by atoms with Gasteiger partial charge in [-0.1, -0.05) is 6.07 Å². The monoisotopic (exact) mass is 472 g/mol. The highest BCUT2D eigenvalue weighted by Crippen LogP contribution is 2.56. The molecule has 0 spiro atoms. The lowest BCUT2D eigenvalue weighted by molar-refractivity contribution is -0.139. The molecule has 2 aliphatic carbocycles. The maximum atomic E-state index is 13.0. The molecule has 6 rings (SSSR count). The fourth-order valence-corrected chi connectivity index (χ4v) is 6.75. The van der Waals surface area contributed by atoms with Crippen LogP contribution in [-0.2, 0) is 19.2 Å². The van der Waals surface area contributed by atoms with Crippen molar-refractivity contribution in [1.29, 1.82) is 0 Å². The Morgan fingerprint density at radius 2 is 1.46 bits per heavy atom. The molecule has 2 saturated carbocycles. The third-order valence-electron chi connectivity index (χ3n) is 8.22. The van der Waals surface area contributed by atoms with Crippen LogP contribution in [0.4, 0.5) is 11.4 Å². The number of hydrogen-bond donors (Lipinski definition) is 0. The molecule has 2 aliphatic heterocycles. The van der Waals surface area contributed by atoms with Gasteiger partial charge in [-0.15, -0.1) is 0 Å². The fraction of sp³-hybridized carbons (Fsp3) is 0.429. The minimum atomic E-state index is -0.556. The largest absolute Gasteiger partial charge is 0.426 e. The molecule has 2 bridgehead atoms. The molecular weight excluding hydrogens is 444 g/mol. The van der Waals surface area contributed by atoms with Crippen LogP contribution in [0.1, 0.15) is 36.8 Å². The summed E-state index contributed by atoms with van der Waals surface area (Å²) in [7, 11) is 0. The van der Waals surface area contributed by atoms with Crippen LogP contribution in [0.25, 0.3) is 0 Å². The van der Waals surface area contributed by atoms with Gasteiger partial charge in [0.05, 0.1) is 23.4 Å². The van der Waals surface area contributed by atoms with Crippen molar-refractivity contribution in [2.24, 2.45) is 29.6 Å². The third-order valence-corrected chi connectivity index (χ3v) is 8.22. The standard InChI is InChI=1S/C28H28N2O5/c1-15-9-16(2)11-21(10-15)29-14-19(13-23(29)31)28(34)35-22-7-5-20(6-8-22)30-26(32)24-17-3-4-18(12-17)25(24)27(30)33/h5-11,17-19,24-25H,3-4,12-14H2,1-2H3/t17-,18-,19-,24-,25+/m0/s1. The van der Waals surface area contributed by atoms with Crippen molar-refractivity contribution >= 4 is 35.1 Å². The van der Waals surface area contributed by atoms with E-state index in [4.69, 9.17) is 4.74 Å². The molecule has 7 heteroatoms. The second-order valence-electron chi connectivity index (χ2n) is 10.6. The molecule has 0 aromatic heterocycles. The number of benzene rings is 2. The van der Waals surface area contributed by atoms with Gasteiger partial charge in [0.15, 0.2) is 0 Å². The van der Waals surface area contributed by atoms with E-state index in [0.29, 0.717) is 23.3 Å². The van der Waals surface area contributed by atoms with Crippen molar-refractivity contribution < 1.29 is 23.9 Å². The Kier molecular flexibility index (Phi) is 5.06. The maximum absolute atomic E-state index is 13.0. The van der Waals surface area contributed by atoms with E-state index >= 15 is 0 Å². The van der Waals surface area contributed by atoms with Crippen LogP contribution in [0, 0.1) is 43.4 Å². The van der Waals surface area contributed by atoms with Gasteiger partial charge < -0.3 is 9.64 Å². The number of carbonyl (C=O) groups excluding carboxylic acids is 4. The molecule has 5 atom stereocenters. The molecule has 0 unspecified atom stereocenters. The smallest absolute Gasteiger partial charge is 0.316 e. The predicted molar refractivity (Wildman–Crippen MR) is 129 cm³/mol. The van der Waals surface area contributed by atoms with Crippen LogP contribution in [-0.4, -0.2) is 30.2 Å². The highest BCUT2D eigenvalue weighted by Gasteiger charge is 2.61. The van der Waals surface area contributed by atoms with Crippen molar-refractivity contribution in [2.45, 2.75) is 39.5 Å². The van der Waals surface area contributed by atoms with Crippen LogP contribution in [0.3, 0.4) is 0 Å². The maximum Gasteiger partial charge on any atom is 0.316 e. The van der Waals surface area contributed by atoms with Crippen LogP contribution in [0.15, 0.2) is 42.5 Å². The molecule has 2 aromatic rings. The molecule has 7 nitrogen and oxygen atoms in total. The van der Waals surface area contributed by atoms with Crippen LogP contribution >= 0.6 is 0 Å². The first-order chi connectivity index (χ1) is 16.8. The Morgan fingerprint density at radius 3 is 2.06 bits per heavy atom. The van der Waals surface area contributed by atoms with E-state index < -0.39 is 11.9 Å². The van der Waals surface area contributed by atoms with Crippen LogP contribution in [0.5, 0.6) is 5.75 Å². The number of anilines is 2. The molecule has 2 aromatic carbocycles. The molecule has 180 valence electrons. The number of ether oxygens (including phenoxy) is 1. The number of rotatable bonds is 4. The van der Waals surface area contributed by atoms with Gasteiger partial charge in [-0.05, 0) is 92.5 Å². The molecule has 0 N–H and O–H groups in total. The summed E-state index contributed by atoms with van der Waals surface area (Å²) in [6, 6.07) is 12.4. The lowest BCUT2D eigenvalue weighted by Gasteiger charge is -2.19. The SMILES string of the molecule is Cc1cc(C)cc(N2C[C@@H](C(=O)Oc3ccc(N4C(=O)[C@@H]5[C@H]6CC[C@@H](C6)[C@@H]5C4=O)cc3)CC2=O)c1. The number of fused-ring (bicyclic) bond motifs is 5. The Morgan fingerprint density at radius 1 is 0.857 bits per heavy atom. The van der Waals surface area contributed by atoms with E-state index in [1.807, 2.05) is 32.0 Å². The zero-order chi connectivity index (χ0) is 24.4. The minimum Gasteiger partial charge on any atom is -0.426 e. The second-order valence-corrected chi connectivity index (χ2v) is 10.6. The summed E-state index contributed by atoms with van der Waals surface area (Å²) < 4.78 is 5.56. The summed E-state index contributed by atoms with van der Waals surface area (Å²) in [5, 5.41) is 0. The number of hydrogen-bond acceptors (Lipinski definition) is 5. The van der Waals surface area contributed by atoms with E-state index in [2.05, 4.69) is 0 Å². The van der Waals surface area contributed by atoms with Crippen molar-refractivity contribution in [3.8, 4) is 5.75 Å². The topological polar surface area (TPSA) is 84.0 Å². The highest BCUT2D eigenvalue weighted by molar-refractivity contribution is 6.22. The second kappa shape index (κ2) is 8.04. The summed E-state index contributed by atoms with van der Waals surface area (Å²) in [5.74, 6) is -0.628. The third kappa shape index (κ3) is 3.56. The average Bonchev–Trinajstić information content (AvgIpc) is 3.57. The van der Waals surface area contributed by atoms with Crippen molar-refractivity contribution in [2.75, 3.05) is 16.3 Å². The number of aryl methyl sites for hydroxylation is 2. The molecule has 4 fully saturated rings. The number of imide groups is 1. The summed E-state index contributed by atoms with van der Waals surface area (Å²) in [6.45, 7) is 4.24. The summed E-state index contributed by atoms with van der Waals surface area (Å²) in [4.78, 5) is 54.4. The number of amides is 3. The first-order valence-electron chi connectivity index (χ1n) is 12.4. The van der Waals surface area contributed by atoms with Crippen LogP contribution in [0.2, 0.25) is 0 Å². The predicted octanol–water partition coefficient (Wildman–Crippen LogP) is 3.80. The Labute approximate surface area is 204 Å². The number of carbonyl (C=O) groups is 4. The Bertz CT molecular complexity index is 1200. The summed E-state index contributed by atoms with van der Waals surface area (Å²) >= 11 is 0. The van der Waals surface area contributed by atoms with E-state index in [1.54, 1.807) is 29.2 Å². The van der Waals surface area contributed by atoms with Gasteiger partial charge in [0.25, 0.3) is 0 Å². The lowest BCUT2D eigenvalue weighted by Crippen LogP contribution is -2.32. The van der Waals surface area contributed by atoms with Gasteiger partial charge in [0, 0.05) is 18.7 Å². The Hall–Kier alpha value is -3.48. The van der Waals surface area contributed by atoms with Crippen molar-refractivity contribution in [1.82, 2.24) is 0 Å². The first kappa shape index (κ1) is 22.0. The first-order valence-corrected chi connectivity index (χ1v) is 12.4. The minimum absolute atomic E-state index is 0.0899. The van der Waals surface area contributed by atoms with E-state index in [9.17, 15) is 19.2 Å². The molecule has 2 saturated heterocycles. The molecule has 0 radical (unpaired) electrons. The normalized spacial score (nSPS) is 29.3. The number of esters is 1. The van der Waals surface area contributed by atoms with Gasteiger partial charge >= 0.3 is 5.97 Å². The zero-order valence-corrected chi connectivity index (χ0v) is 19.9.